The van der Waals surface area contributed by atoms with Crippen molar-refractivity contribution < 1.29 is 19.0 Å². The van der Waals surface area contributed by atoms with Crippen molar-refractivity contribution in [2.75, 3.05) is 6.54 Å². The topological polar surface area (TPSA) is 93.5 Å². The molecule has 1 heterocycles. The first-order valence-electron chi connectivity index (χ1n) is 10.3. The lowest BCUT2D eigenvalue weighted by molar-refractivity contribution is -0.123. The van der Waals surface area contributed by atoms with Crippen LogP contribution in [0, 0.1) is 0 Å². The molecule has 4 atom stereocenters. The zero-order valence-electron chi connectivity index (χ0n) is 17.4. The van der Waals surface area contributed by atoms with Gasteiger partial charge in [0.1, 0.15) is 18.0 Å². The maximum absolute atomic E-state index is 12.3. The Kier molecular flexibility index (Phi) is 8.82. The molecule has 1 aliphatic heterocycles. The molecular formula is C24H27N3O4. The normalized spacial score (nSPS) is 22.6. The lowest BCUT2D eigenvalue weighted by Crippen LogP contribution is -2.39. The standard InChI is InChI=1S/C24H27N3O4/c1-2-9-20(28)14-21-23(29-16-18-10-5-3-6-11-18)24(22(31-21)15-26-27-25)30-17-19-12-7-4-8-13-19/h2-8,10-13,21-24H,1,9,14-17H2/t21-,22-,23+,24-/m1/s1. The van der Waals surface area contributed by atoms with Crippen LogP contribution in [0.3, 0.4) is 0 Å². The van der Waals surface area contributed by atoms with Crippen molar-refractivity contribution in [2.45, 2.75) is 50.5 Å². The molecule has 0 spiro atoms. The highest BCUT2D eigenvalue weighted by molar-refractivity contribution is 5.80. The van der Waals surface area contributed by atoms with Gasteiger partial charge in [-0.05, 0) is 16.7 Å². The molecule has 0 radical (unpaired) electrons. The average molecular weight is 421 g/mol. The van der Waals surface area contributed by atoms with Gasteiger partial charge in [-0.2, -0.15) is 0 Å². The van der Waals surface area contributed by atoms with Gasteiger partial charge in [-0.3, -0.25) is 4.79 Å². The predicted octanol–water partition coefficient (Wildman–Crippen LogP) is 4.77. The smallest absolute Gasteiger partial charge is 0.139 e. The van der Waals surface area contributed by atoms with Crippen molar-refractivity contribution in [3.05, 3.63) is 94.9 Å². The molecule has 2 aromatic carbocycles. The number of benzene rings is 2. The SMILES string of the molecule is C=CCC(=O)C[C@H]1O[C@H](CN=[N+]=[N-])[C@@H](OCc2ccccc2)[C@H]1OCc1ccccc1. The minimum Gasteiger partial charge on any atom is -0.369 e. The molecule has 0 bridgehead atoms. The molecular weight excluding hydrogens is 394 g/mol. The zero-order chi connectivity index (χ0) is 21.9. The molecule has 7 heteroatoms. The van der Waals surface area contributed by atoms with Crippen molar-refractivity contribution in [2.24, 2.45) is 5.11 Å². The molecule has 0 saturated carbocycles. The highest BCUT2D eigenvalue weighted by Crippen LogP contribution is 2.31. The van der Waals surface area contributed by atoms with Crippen LogP contribution in [-0.4, -0.2) is 36.7 Å². The first kappa shape index (κ1) is 22.7. The van der Waals surface area contributed by atoms with Crippen molar-refractivity contribution in [3.63, 3.8) is 0 Å². The van der Waals surface area contributed by atoms with E-state index in [9.17, 15) is 4.79 Å². The van der Waals surface area contributed by atoms with Crippen molar-refractivity contribution >= 4 is 5.78 Å². The van der Waals surface area contributed by atoms with Crippen LogP contribution in [0.1, 0.15) is 24.0 Å². The van der Waals surface area contributed by atoms with Gasteiger partial charge < -0.3 is 14.2 Å². The Morgan fingerprint density at radius 2 is 1.55 bits per heavy atom. The van der Waals surface area contributed by atoms with E-state index in [-0.39, 0.29) is 25.2 Å². The second kappa shape index (κ2) is 12.0. The van der Waals surface area contributed by atoms with Crippen LogP contribution in [0.15, 0.2) is 78.4 Å². The van der Waals surface area contributed by atoms with Crippen LogP contribution in [-0.2, 0) is 32.2 Å². The van der Waals surface area contributed by atoms with Crippen LogP contribution >= 0.6 is 0 Å². The number of hydrogen-bond acceptors (Lipinski definition) is 5. The number of ketones is 1. The van der Waals surface area contributed by atoms with Crippen LogP contribution < -0.4 is 0 Å². The van der Waals surface area contributed by atoms with Crippen molar-refractivity contribution in [1.82, 2.24) is 0 Å². The van der Waals surface area contributed by atoms with E-state index >= 15 is 0 Å². The fourth-order valence-corrected chi connectivity index (χ4v) is 3.64. The molecule has 0 aromatic heterocycles. The Morgan fingerprint density at radius 3 is 2.06 bits per heavy atom. The summed E-state index contributed by atoms with van der Waals surface area (Å²) in [7, 11) is 0. The van der Waals surface area contributed by atoms with Gasteiger partial charge in [0.25, 0.3) is 0 Å². The van der Waals surface area contributed by atoms with Gasteiger partial charge in [0.2, 0.25) is 0 Å². The van der Waals surface area contributed by atoms with E-state index in [4.69, 9.17) is 19.7 Å². The van der Waals surface area contributed by atoms with Gasteiger partial charge >= 0.3 is 0 Å². The number of carbonyl (C=O) groups is 1. The number of azide groups is 1. The summed E-state index contributed by atoms with van der Waals surface area (Å²) in [5, 5.41) is 3.68. The van der Waals surface area contributed by atoms with Crippen LogP contribution in [0.4, 0.5) is 0 Å². The minimum atomic E-state index is -0.498. The van der Waals surface area contributed by atoms with Crippen LogP contribution in [0.2, 0.25) is 0 Å². The van der Waals surface area contributed by atoms with Crippen LogP contribution in [0.25, 0.3) is 10.4 Å². The predicted molar refractivity (Wildman–Crippen MR) is 117 cm³/mol. The third kappa shape index (κ3) is 6.77. The summed E-state index contributed by atoms with van der Waals surface area (Å²) in [5.41, 5.74) is 10.8. The van der Waals surface area contributed by atoms with Gasteiger partial charge in [0.05, 0.1) is 32.0 Å². The first-order valence-corrected chi connectivity index (χ1v) is 10.3. The highest BCUT2D eigenvalue weighted by atomic mass is 16.6. The summed E-state index contributed by atoms with van der Waals surface area (Å²) >= 11 is 0. The second-order valence-corrected chi connectivity index (χ2v) is 7.38. The molecule has 1 fully saturated rings. The number of rotatable bonds is 12. The Hall–Kier alpha value is -2.96. The van der Waals surface area contributed by atoms with Gasteiger partial charge in [0.15, 0.2) is 0 Å². The Morgan fingerprint density at radius 1 is 1.00 bits per heavy atom. The minimum absolute atomic E-state index is 0.0135. The van der Waals surface area contributed by atoms with E-state index in [1.807, 2.05) is 60.7 Å². The number of Topliss-reactive ketones (excluding diaryl/α,β-unsaturated/α-hetero) is 1. The molecule has 0 unspecified atom stereocenters. The van der Waals surface area contributed by atoms with Gasteiger partial charge in [0, 0.05) is 17.8 Å². The Labute approximate surface area is 182 Å². The average Bonchev–Trinajstić information content (AvgIpc) is 3.12. The Balaban J connectivity index is 1.78. The molecule has 3 rings (SSSR count). The van der Waals surface area contributed by atoms with Crippen molar-refractivity contribution in [1.29, 1.82) is 0 Å². The molecule has 162 valence electrons. The largest absolute Gasteiger partial charge is 0.369 e. The summed E-state index contributed by atoms with van der Waals surface area (Å²) in [5.74, 6) is 0.0135. The van der Waals surface area contributed by atoms with E-state index in [0.29, 0.717) is 13.2 Å². The van der Waals surface area contributed by atoms with Gasteiger partial charge in [-0.15, -0.1) is 6.58 Å². The second-order valence-electron chi connectivity index (χ2n) is 7.38. The molecule has 31 heavy (non-hydrogen) atoms. The zero-order valence-corrected chi connectivity index (χ0v) is 17.4. The number of carbonyl (C=O) groups excluding carboxylic acids is 1. The third-order valence-corrected chi connectivity index (χ3v) is 5.10. The van der Waals surface area contributed by atoms with Gasteiger partial charge in [-0.25, -0.2) is 0 Å². The van der Waals surface area contributed by atoms with E-state index in [1.165, 1.54) is 0 Å². The molecule has 1 aliphatic rings. The molecule has 2 aromatic rings. The summed E-state index contributed by atoms with van der Waals surface area (Å²) in [6.07, 6.45) is 0.0914. The molecule has 7 nitrogen and oxygen atoms in total. The monoisotopic (exact) mass is 421 g/mol. The maximum atomic E-state index is 12.3. The summed E-state index contributed by atoms with van der Waals surface area (Å²) in [6.45, 7) is 4.46. The Bertz CT molecular complexity index is 884. The molecule has 0 aliphatic carbocycles. The van der Waals surface area contributed by atoms with Crippen LogP contribution in [0.5, 0.6) is 0 Å². The number of allylic oxidation sites excluding steroid dienone is 1. The van der Waals surface area contributed by atoms with E-state index in [0.717, 1.165) is 11.1 Å². The van der Waals surface area contributed by atoms with E-state index in [2.05, 4.69) is 16.6 Å². The molecule has 0 N–H and O–H groups in total. The summed E-state index contributed by atoms with van der Waals surface area (Å²) < 4.78 is 18.5. The number of ether oxygens (including phenoxy) is 3. The fraction of sp³-hybridized carbons (Fsp3) is 0.375. The first-order chi connectivity index (χ1) is 15.2. The lowest BCUT2D eigenvalue weighted by Gasteiger charge is -2.25. The quantitative estimate of drug-likeness (QED) is 0.213. The highest BCUT2D eigenvalue weighted by Gasteiger charge is 2.46. The van der Waals surface area contributed by atoms with Gasteiger partial charge in [-0.1, -0.05) is 71.9 Å². The van der Waals surface area contributed by atoms with Crippen molar-refractivity contribution in [3.8, 4) is 0 Å². The molecule has 1 saturated heterocycles. The number of nitrogens with zero attached hydrogens (tertiary/aromatic N) is 3. The summed E-state index contributed by atoms with van der Waals surface area (Å²) in [6, 6.07) is 19.6. The number of hydrogen-bond donors (Lipinski definition) is 0. The lowest BCUT2D eigenvalue weighted by atomic mass is 10.0. The maximum Gasteiger partial charge on any atom is 0.139 e. The van der Waals surface area contributed by atoms with E-state index < -0.39 is 24.4 Å². The van der Waals surface area contributed by atoms with E-state index in [1.54, 1.807) is 6.08 Å². The third-order valence-electron chi connectivity index (χ3n) is 5.10. The fourth-order valence-electron chi connectivity index (χ4n) is 3.64. The molecule has 0 amide bonds. The summed E-state index contributed by atoms with van der Waals surface area (Å²) in [4.78, 5) is 15.2.